The molecule has 1 aromatic heterocycles. The molecule has 0 aliphatic heterocycles. The maximum atomic E-state index is 12.1. The van der Waals surface area contributed by atoms with Gasteiger partial charge >= 0.3 is 22.8 Å². The lowest BCUT2D eigenvalue weighted by Gasteiger charge is -2.10. The fraction of sp³-hybridized carbons (Fsp3) is 0.316. The average molecular weight is 436 g/mol. The molecule has 160 valence electrons. The lowest BCUT2D eigenvalue weighted by molar-refractivity contribution is -0.147. The number of carbonyl (C=O) groups is 4. The second kappa shape index (κ2) is 10.3. The fourth-order valence-electron chi connectivity index (χ4n) is 2.46. The molecule has 0 bridgehead atoms. The largest absolute Gasteiger partial charge is 0.465 e. The molecule has 1 heterocycles. The van der Waals surface area contributed by atoms with Gasteiger partial charge in [-0.25, -0.2) is 9.59 Å². The van der Waals surface area contributed by atoms with E-state index < -0.39 is 30.4 Å². The normalized spacial score (nSPS) is 10.2. The van der Waals surface area contributed by atoms with Crippen LogP contribution in [0.25, 0.3) is 0 Å². The van der Waals surface area contributed by atoms with Crippen LogP contribution in [0.15, 0.2) is 28.4 Å². The zero-order valence-corrected chi connectivity index (χ0v) is 17.4. The SMILES string of the molecule is COC(=O)c1cc(NC(=O)COC(=O)CCn2c(C)csc2=O)cc(C(=O)OC)c1. The van der Waals surface area contributed by atoms with Crippen molar-refractivity contribution in [3.63, 3.8) is 0 Å². The van der Waals surface area contributed by atoms with Crippen LogP contribution in [0.1, 0.15) is 32.8 Å². The summed E-state index contributed by atoms with van der Waals surface area (Å²) in [5.74, 6) is -2.74. The number of rotatable bonds is 8. The van der Waals surface area contributed by atoms with Gasteiger partial charge in [-0.15, -0.1) is 0 Å². The van der Waals surface area contributed by atoms with Gasteiger partial charge in [-0.05, 0) is 25.1 Å². The van der Waals surface area contributed by atoms with E-state index in [9.17, 15) is 24.0 Å². The van der Waals surface area contributed by atoms with Gasteiger partial charge in [0.2, 0.25) is 0 Å². The Kier molecular flexibility index (Phi) is 7.87. The molecule has 0 atom stereocenters. The quantitative estimate of drug-likeness (QED) is 0.485. The van der Waals surface area contributed by atoms with Crippen molar-refractivity contribution in [1.29, 1.82) is 0 Å². The van der Waals surface area contributed by atoms with Crippen molar-refractivity contribution in [1.82, 2.24) is 4.57 Å². The minimum absolute atomic E-state index is 0.0317. The van der Waals surface area contributed by atoms with Crippen LogP contribution in [0.5, 0.6) is 0 Å². The Morgan fingerprint density at radius 3 is 2.13 bits per heavy atom. The van der Waals surface area contributed by atoms with Crippen LogP contribution >= 0.6 is 11.3 Å². The van der Waals surface area contributed by atoms with Crippen molar-refractivity contribution in [3.05, 3.63) is 50.1 Å². The molecular weight excluding hydrogens is 416 g/mol. The third-order valence-electron chi connectivity index (χ3n) is 3.94. The number of nitrogens with one attached hydrogen (secondary N) is 1. The molecule has 0 unspecified atom stereocenters. The highest BCUT2D eigenvalue weighted by Gasteiger charge is 2.16. The summed E-state index contributed by atoms with van der Waals surface area (Å²) < 4.78 is 15.6. The average Bonchev–Trinajstić information content (AvgIpc) is 3.06. The third-order valence-corrected chi connectivity index (χ3v) is 4.82. The molecule has 0 aliphatic rings. The van der Waals surface area contributed by atoms with Crippen molar-refractivity contribution >= 4 is 40.8 Å². The molecule has 0 aliphatic carbocycles. The van der Waals surface area contributed by atoms with E-state index in [2.05, 4.69) is 14.8 Å². The van der Waals surface area contributed by atoms with Gasteiger partial charge in [0.05, 0.1) is 31.8 Å². The molecule has 1 aromatic carbocycles. The molecule has 0 saturated heterocycles. The van der Waals surface area contributed by atoms with Crippen molar-refractivity contribution < 1.29 is 33.4 Å². The first-order chi connectivity index (χ1) is 14.2. The van der Waals surface area contributed by atoms with Gasteiger partial charge in [0.1, 0.15) is 0 Å². The predicted octanol–water partition coefficient (Wildman–Crippen LogP) is 1.36. The molecule has 10 nitrogen and oxygen atoms in total. The first kappa shape index (κ1) is 22.8. The first-order valence-electron chi connectivity index (χ1n) is 8.67. The molecule has 11 heteroatoms. The Morgan fingerprint density at radius 1 is 1.03 bits per heavy atom. The van der Waals surface area contributed by atoms with Crippen molar-refractivity contribution in [2.45, 2.75) is 19.9 Å². The van der Waals surface area contributed by atoms with Crippen LogP contribution in [0.2, 0.25) is 0 Å². The summed E-state index contributed by atoms with van der Waals surface area (Å²) >= 11 is 1.04. The molecule has 30 heavy (non-hydrogen) atoms. The second-order valence-electron chi connectivity index (χ2n) is 6.04. The smallest absolute Gasteiger partial charge is 0.337 e. The third kappa shape index (κ3) is 6.01. The molecule has 1 N–H and O–H groups in total. The molecule has 2 aromatic rings. The topological polar surface area (TPSA) is 130 Å². The summed E-state index contributed by atoms with van der Waals surface area (Å²) in [6.07, 6.45) is -0.0743. The number of carbonyl (C=O) groups excluding carboxylic acids is 4. The molecule has 0 fully saturated rings. The summed E-state index contributed by atoms with van der Waals surface area (Å²) in [5, 5.41) is 4.13. The lowest BCUT2D eigenvalue weighted by atomic mass is 10.1. The molecule has 2 rings (SSSR count). The standard InChI is InChI=1S/C19H20N2O8S/c1-11-10-30-19(26)21(11)5-4-16(23)29-9-15(22)20-14-7-12(17(24)27-2)6-13(8-14)18(25)28-3/h6-8,10H,4-5,9H2,1-3H3,(H,20,22). The van der Waals surface area contributed by atoms with Gasteiger partial charge in [-0.3, -0.25) is 14.4 Å². The summed E-state index contributed by atoms with van der Waals surface area (Å²) in [7, 11) is 2.35. The number of hydrogen-bond donors (Lipinski definition) is 1. The number of aromatic nitrogens is 1. The number of anilines is 1. The molecule has 0 spiro atoms. The van der Waals surface area contributed by atoms with Crippen molar-refractivity contribution in [3.8, 4) is 0 Å². The summed E-state index contributed by atoms with van der Waals surface area (Å²) in [6, 6.07) is 3.88. The van der Waals surface area contributed by atoms with E-state index in [1.165, 1.54) is 37.0 Å². The highest BCUT2D eigenvalue weighted by atomic mass is 32.1. The highest BCUT2D eigenvalue weighted by Crippen LogP contribution is 2.17. The van der Waals surface area contributed by atoms with Crippen LogP contribution in [-0.4, -0.2) is 49.2 Å². The number of methoxy groups -OCH3 is 2. The molecule has 0 radical (unpaired) electrons. The monoisotopic (exact) mass is 436 g/mol. The zero-order valence-electron chi connectivity index (χ0n) is 16.6. The number of esters is 3. The minimum Gasteiger partial charge on any atom is -0.465 e. The number of hydrogen-bond acceptors (Lipinski definition) is 9. The van der Waals surface area contributed by atoms with Crippen LogP contribution < -0.4 is 10.2 Å². The van der Waals surface area contributed by atoms with Gasteiger partial charge in [0, 0.05) is 23.3 Å². The second-order valence-corrected chi connectivity index (χ2v) is 6.86. The van der Waals surface area contributed by atoms with Crippen LogP contribution in [0.3, 0.4) is 0 Å². The number of nitrogens with zero attached hydrogens (tertiary/aromatic N) is 1. The molecule has 1 amide bonds. The van der Waals surface area contributed by atoms with E-state index in [0.29, 0.717) is 0 Å². The van der Waals surface area contributed by atoms with E-state index in [1.54, 1.807) is 12.3 Å². The van der Waals surface area contributed by atoms with Crippen molar-refractivity contribution in [2.75, 3.05) is 26.1 Å². The Labute approximate surface area is 175 Å². The summed E-state index contributed by atoms with van der Waals surface area (Å²) in [4.78, 5) is 58.9. The maximum Gasteiger partial charge on any atom is 0.337 e. The summed E-state index contributed by atoms with van der Waals surface area (Å²) in [6.45, 7) is 1.33. The number of aryl methyl sites for hydroxylation is 1. The zero-order chi connectivity index (χ0) is 22.3. The number of benzene rings is 1. The number of thiazole rings is 1. The highest BCUT2D eigenvalue weighted by molar-refractivity contribution is 7.07. The Morgan fingerprint density at radius 2 is 1.63 bits per heavy atom. The predicted molar refractivity (Wildman–Crippen MR) is 107 cm³/mol. The number of ether oxygens (including phenoxy) is 3. The number of amides is 1. The van der Waals surface area contributed by atoms with E-state index in [1.807, 2.05) is 0 Å². The van der Waals surface area contributed by atoms with E-state index in [-0.39, 0.29) is 34.7 Å². The minimum atomic E-state index is -0.707. The van der Waals surface area contributed by atoms with E-state index in [0.717, 1.165) is 17.0 Å². The van der Waals surface area contributed by atoms with Gasteiger partial charge in [-0.2, -0.15) is 0 Å². The Hall–Kier alpha value is -3.47. The Balaban J connectivity index is 1.96. The van der Waals surface area contributed by atoms with E-state index >= 15 is 0 Å². The molecule has 0 saturated carbocycles. The van der Waals surface area contributed by atoms with Crippen molar-refractivity contribution in [2.24, 2.45) is 0 Å². The van der Waals surface area contributed by atoms with Crippen LogP contribution in [-0.2, 0) is 30.3 Å². The van der Waals surface area contributed by atoms with Crippen LogP contribution in [0, 0.1) is 6.92 Å². The fourth-order valence-corrected chi connectivity index (χ4v) is 3.23. The van der Waals surface area contributed by atoms with Gasteiger partial charge < -0.3 is 24.1 Å². The first-order valence-corrected chi connectivity index (χ1v) is 9.55. The summed E-state index contributed by atoms with van der Waals surface area (Å²) in [5.41, 5.74) is 0.927. The molecular formula is C19H20N2O8S. The van der Waals surface area contributed by atoms with Gasteiger partial charge in [-0.1, -0.05) is 11.3 Å². The van der Waals surface area contributed by atoms with Gasteiger partial charge in [0.25, 0.3) is 5.91 Å². The Bertz CT molecular complexity index is 990. The van der Waals surface area contributed by atoms with Crippen LogP contribution in [0.4, 0.5) is 5.69 Å². The maximum absolute atomic E-state index is 12.1. The lowest BCUT2D eigenvalue weighted by Crippen LogP contribution is -2.23. The van der Waals surface area contributed by atoms with Gasteiger partial charge in [0.15, 0.2) is 6.61 Å². The van der Waals surface area contributed by atoms with E-state index in [4.69, 9.17) is 4.74 Å².